The second-order valence-corrected chi connectivity index (χ2v) is 4.27. The molecule has 1 amide bonds. The average molecular weight is 293 g/mol. The smallest absolute Gasteiger partial charge is 0.255 e. The predicted molar refractivity (Wildman–Crippen MR) is 73.6 cm³/mol. The summed E-state index contributed by atoms with van der Waals surface area (Å²) >= 11 is 0. The third-order valence-corrected chi connectivity index (χ3v) is 2.87. The number of nitrogens with one attached hydrogen (secondary N) is 1. The van der Waals surface area contributed by atoms with Gasteiger partial charge in [0, 0.05) is 0 Å². The van der Waals surface area contributed by atoms with Crippen LogP contribution in [0.5, 0.6) is 5.75 Å². The third kappa shape index (κ3) is 3.41. The number of aliphatic hydroxyl groups is 1. The van der Waals surface area contributed by atoms with Crippen molar-refractivity contribution in [3.8, 4) is 5.75 Å². The number of carbonyl (C=O) groups is 1. The first-order valence-electron chi connectivity index (χ1n) is 6.53. The van der Waals surface area contributed by atoms with Crippen molar-refractivity contribution in [2.24, 2.45) is 0 Å². The Balaban J connectivity index is 2.22. The second kappa shape index (κ2) is 6.90. The highest BCUT2D eigenvalue weighted by molar-refractivity contribution is 5.97. The summed E-state index contributed by atoms with van der Waals surface area (Å²) in [6.07, 6.45) is 1.44. The molecule has 2 aromatic rings. The van der Waals surface area contributed by atoms with Crippen LogP contribution in [0.2, 0.25) is 0 Å². The molecule has 1 heterocycles. The Morgan fingerprint density at radius 2 is 2.24 bits per heavy atom. The van der Waals surface area contributed by atoms with Crippen LogP contribution in [0.3, 0.4) is 0 Å². The van der Waals surface area contributed by atoms with Crippen molar-refractivity contribution in [3.63, 3.8) is 0 Å². The molecule has 6 heteroatoms. The molecule has 0 bridgehead atoms. The van der Waals surface area contributed by atoms with E-state index in [0.717, 1.165) is 0 Å². The number of para-hydroxylation sites is 1. The Labute approximate surface area is 121 Å². The van der Waals surface area contributed by atoms with Crippen LogP contribution in [0.15, 0.2) is 41.0 Å². The van der Waals surface area contributed by atoms with Gasteiger partial charge in [-0.3, -0.25) is 4.79 Å². The zero-order chi connectivity index (χ0) is 15.2. The molecule has 2 N–H and O–H groups in total. The molecule has 21 heavy (non-hydrogen) atoms. The van der Waals surface area contributed by atoms with E-state index in [1.54, 1.807) is 19.1 Å². The lowest BCUT2D eigenvalue weighted by Crippen LogP contribution is -2.31. The van der Waals surface area contributed by atoms with Crippen molar-refractivity contribution >= 4 is 5.91 Å². The van der Waals surface area contributed by atoms with Gasteiger partial charge in [-0.05, 0) is 31.2 Å². The minimum absolute atomic E-state index is 0.0712. The highest BCUT2D eigenvalue weighted by Gasteiger charge is 2.21. The molecule has 1 aromatic heterocycles. The Morgan fingerprint density at radius 1 is 1.43 bits per heavy atom. The summed E-state index contributed by atoms with van der Waals surface area (Å²) in [5.74, 6) is -0.842. The van der Waals surface area contributed by atoms with Crippen LogP contribution in [-0.4, -0.2) is 24.2 Å². The number of halogens is 1. The van der Waals surface area contributed by atoms with E-state index in [1.165, 1.54) is 24.5 Å². The molecule has 0 saturated heterocycles. The normalized spacial score (nSPS) is 12.0. The van der Waals surface area contributed by atoms with Gasteiger partial charge in [-0.25, -0.2) is 4.39 Å². The number of rotatable bonds is 6. The Morgan fingerprint density at radius 3 is 2.86 bits per heavy atom. The first-order valence-corrected chi connectivity index (χ1v) is 6.53. The maximum absolute atomic E-state index is 13.7. The summed E-state index contributed by atoms with van der Waals surface area (Å²) in [5, 5.41) is 11.9. The molecule has 0 fully saturated rings. The summed E-state index contributed by atoms with van der Waals surface area (Å²) in [5.41, 5.74) is 0.0712. The standard InChI is InChI=1S/C15H16FNO4/c1-2-20-14-10(5-3-6-11(14)16)15(19)17-12(9-18)13-7-4-8-21-13/h3-8,12,18H,2,9H2,1H3,(H,17,19). The molecular formula is C15H16FNO4. The second-order valence-electron chi connectivity index (χ2n) is 4.27. The van der Waals surface area contributed by atoms with Gasteiger partial charge in [-0.2, -0.15) is 0 Å². The molecule has 112 valence electrons. The minimum atomic E-state index is -0.703. The lowest BCUT2D eigenvalue weighted by Gasteiger charge is -2.16. The number of furan rings is 1. The first kappa shape index (κ1) is 15.1. The quantitative estimate of drug-likeness (QED) is 0.857. The summed E-state index contributed by atoms with van der Waals surface area (Å²) in [6.45, 7) is 1.61. The highest BCUT2D eigenvalue weighted by Crippen LogP contribution is 2.23. The molecule has 0 saturated carbocycles. The molecule has 2 rings (SSSR count). The molecule has 1 unspecified atom stereocenters. The Hall–Kier alpha value is -2.34. The van der Waals surface area contributed by atoms with Gasteiger partial charge >= 0.3 is 0 Å². The summed E-state index contributed by atoms with van der Waals surface area (Å²) in [6, 6.07) is 6.68. The zero-order valence-corrected chi connectivity index (χ0v) is 11.5. The van der Waals surface area contributed by atoms with E-state index < -0.39 is 17.8 Å². The van der Waals surface area contributed by atoms with Crippen LogP contribution in [0, 0.1) is 5.82 Å². The number of ether oxygens (including phenoxy) is 1. The number of hydrogen-bond acceptors (Lipinski definition) is 4. The fraction of sp³-hybridized carbons (Fsp3) is 0.267. The SMILES string of the molecule is CCOc1c(F)cccc1C(=O)NC(CO)c1ccco1. The zero-order valence-electron chi connectivity index (χ0n) is 11.5. The summed E-state index contributed by atoms with van der Waals surface area (Å²) in [7, 11) is 0. The van der Waals surface area contributed by atoms with Gasteiger partial charge in [0.25, 0.3) is 5.91 Å². The molecule has 5 nitrogen and oxygen atoms in total. The lowest BCUT2D eigenvalue weighted by atomic mass is 10.1. The van der Waals surface area contributed by atoms with E-state index in [4.69, 9.17) is 9.15 Å². The lowest BCUT2D eigenvalue weighted by molar-refractivity contribution is 0.0902. The largest absolute Gasteiger partial charge is 0.490 e. The van der Waals surface area contributed by atoms with Crippen molar-refractivity contribution in [1.29, 1.82) is 0 Å². The summed E-state index contributed by atoms with van der Waals surface area (Å²) < 4.78 is 24.0. The third-order valence-electron chi connectivity index (χ3n) is 2.87. The van der Waals surface area contributed by atoms with Gasteiger partial charge in [0.15, 0.2) is 11.6 Å². The van der Waals surface area contributed by atoms with Gasteiger partial charge in [0.2, 0.25) is 0 Å². The van der Waals surface area contributed by atoms with Gasteiger partial charge < -0.3 is 19.6 Å². The van der Waals surface area contributed by atoms with Crippen molar-refractivity contribution in [3.05, 3.63) is 53.7 Å². The van der Waals surface area contributed by atoms with Gasteiger partial charge in [0.1, 0.15) is 11.8 Å². The number of benzene rings is 1. The average Bonchev–Trinajstić information content (AvgIpc) is 3.01. The van der Waals surface area contributed by atoms with Crippen LogP contribution < -0.4 is 10.1 Å². The topological polar surface area (TPSA) is 71.7 Å². The van der Waals surface area contributed by atoms with E-state index in [1.807, 2.05) is 0 Å². The molecule has 0 radical (unpaired) electrons. The fourth-order valence-electron chi connectivity index (χ4n) is 1.91. The van der Waals surface area contributed by atoms with E-state index >= 15 is 0 Å². The van der Waals surface area contributed by atoms with Crippen LogP contribution in [0.1, 0.15) is 29.1 Å². The van der Waals surface area contributed by atoms with Crippen molar-refractivity contribution in [2.75, 3.05) is 13.2 Å². The molecular weight excluding hydrogens is 277 g/mol. The molecule has 0 aliphatic carbocycles. The molecule has 0 spiro atoms. The van der Waals surface area contributed by atoms with Gasteiger partial charge in [-0.1, -0.05) is 6.07 Å². The van der Waals surface area contributed by atoms with E-state index in [9.17, 15) is 14.3 Å². The number of hydrogen-bond donors (Lipinski definition) is 2. The minimum Gasteiger partial charge on any atom is -0.490 e. The van der Waals surface area contributed by atoms with E-state index in [-0.39, 0.29) is 24.5 Å². The fourth-order valence-corrected chi connectivity index (χ4v) is 1.91. The van der Waals surface area contributed by atoms with Crippen LogP contribution in [0.4, 0.5) is 4.39 Å². The van der Waals surface area contributed by atoms with Crippen LogP contribution in [-0.2, 0) is 0 Å². The summed E-state index contributed by atoms with van der Waals surface area (Å²) in [4.78, 5) is 12.2. The molecule has 0 aliphatic rings. The maximum atomic E-state index is 13.7. The Bertz CT molecular complexity index is 598. The van der Waals surface area contributed by atoms with Crippen molar-refractivity contribution in [1.82, 2.24) is 5.32 Å². The van der Waals surface area contributed by atoms with Gasteiger partial charge in [-0.15, -0.1) is 0 Å². The number of amides is 1. The van der Waals surface area contributed by atoms with Crippen LogP contribution in [0.25, 0.3) is 0 Å². The number of aliphatic hydroxyl groups excluding tert-OH is 1. The molecule has 1 aromatic carbocycles. The number of carbonyl (C=O) groups excluding carboxylic acids is 1. The van der Waals surface area contributed by atoms with Crippen molar-refractivity contribution in [2.45, 2.75) is 13.0 Å². The monoisotopic (exact) mass is 293 g/mol. The molecule has 1 atom stereocenters. The molecule has 0 aliphatic heterocycles. The first-order chi connectivity index (χ1) is 10.2. The Kier molecular flexibility index (Phi) is 4.94. The van der Waals surface area contributed by atoms with Crippen LogP contribution >= 0.6 is 0 Å². The van der Waals surface area contributed by atoms with E-state index in [0.29, 0.717) is 5.76 Å². The predicted octanol–water partition coefficient (Wildman–Crippen LogP) is 2.28. The highest BCUT2D eigenvalue weighted by atomic mass is 19.1. The van der Waals surface area contributed by atoms with Gasteiger partial charge in [0.05, 0.1) is 25.0 Å². The van der Waals surface area contributed by atoms with Crippen molar-refractivity contribution < 1.29 is 23.4 Å². The van der Waals surface area contributed by atoms with E-state index in [2.05, 4.69) is 5.32 Å². The maximum Gasteiger partial charge on any atom is 0.255 e.